The second kappa shape index (κ2) is 8.53. The molecule has 7 heteroatoms. The van der Waals surface area contributed by atoms with Crippen molar-refractivity contribution in [3.05, 3.63) is 77.4 Å². The third-order valence-electron chi connectivity index (χ3n) is 4.50. The molecule has 0 bridgehead atoms. The van der Waals surface area contributed by atoms with Crippen molar-refractivity contribution in [2.75, 3.05) is 13.2 Å². The van der Waals surface area contributed by atoms with E-state index in [4.69, 9.17) is 4.74 Å². The Balaban J connectivity index is 1.77. The van der Waals surface area contributed by atoms with E-state index in [1.165, 1.54) is 12.1 Å². The minimum absolute atomic E-state index is 0.154. The molecule has 0 aromatic heterocycles. The summed E-state index contributed by atoms with van der Waals surface area (Å²) in [5.74, 6) is -0.0102. The van der Waals surface area contributed by atoms with Crippen LogP contribution in [0.25, 0.3) is 10.8 Å². The zero-order valence-electron chi connectivity index (χ0n) is 15.7. The molecule has 0 aliphatic heterocycles. The van der Waals surface area contributed by atoms with Gasteiger partial charge in [0.2, 0.25) is 0 Å². The van der Waals surface area contributed by atoms with E-state index in [1.54, 1.807) is 12.1 Å². The lowest BCUT2D eigenvalue weighted by Gasteiger charge is -2.16. The van der Waals surface area contributed by atoms with Crippen LogP contribution in [0.1, 0.15) is 34.5 Å². The molecule has 0 unspecified atom stereocenters. The standard InChI is InChI=1S/C22H20F3NO3/c1-2-29-19-12-9-14-5-3-4-6-17(14)20(19)21(28)26-13-18(27)15-7-10-16(11-8-15)22(23,24)25/h3-12,18,27H,2,13H2,1H3,(H,26,28)/t18-/m0/s1. The lowest BCUT2D eigenvalue weighted by atomic mass is 10.0. The molecule has 0 saturated carbocycles. The molecule has 1 amide bonds. The number of benzene rings is 3. The van der Waals surface area contributed by atoms with Crippen LogP contribution < -0.4 is 10.1 Å². The highest BCUT2D eigenvalue weighted by molar-refractivity contribution is 6.09. The zero-order chi connectivity index (χ0) is 21.0. The fourth-order valence-electron chi connectivity index (χ4n) is 3.05. The topological polar surface area (TPSA) is 58.6 Å². The molecule has 152 valence electrons. The first-order chi connectivity index (χ1) is 13.8. The Morgan fingerprint density at radius 1 is 1.07 bits per heavy atom. The lowest BCUT2D eigenvalue weighted by molar-refractivity contribution is -0.137. The van der Waals surface area contributed by atoms with Crippen molar-refractivity contribution in [3.63, 3.8) is 0 Å². The van der Waals surface area contributed by atoms with Crippen LogP contribution in [0.15, 0.2) is 60.7 Å². The van der Waals surface area contributed by atoms with Crippen LogP contribution in [0.5, 0.6) is 5.75 Å². The predicted octanol–water partition coefficient (Wildman–Crippen LogP) is 4.72. The van der Waals surface area contributed by atoms with E-state index in [0.717, 1.165) is 17.5 Å². The predicted molar refractivity (Wildman–Crippen MR) is 104 cm³/mol. The monoisotopic (exact) mass is 403 g/mol. The number of alkyl halides is 3. The molecule has 1 atom stereocenters. The average Bonchev–Trinajstić information content (AvgIpc) is 2.71. The number of aliphatic hydroxyl groups is 1. The van der Waals surface area contributed by atoms with E-state index >= 15 is 0 Å². The molecule has 2 N–H and O–H groups in total. The van der Waals surface area contributed by atoms with Crippen LogP contribution in [0.3, 0.4) is 0 Å². The number of amides is 1. The minimum Gasteiger partial charge on any atom is -0.493 e. The first-order valence-corrected chi connectivity index (χ1v) is 9.09. The van der Waals surface area contributed by atoms with E-state index in [-0.39, 0.29) is 12.1 Å². The van der Waals surface area contributed by atoms with Gasteiger partial charge in [0, 0.05) is 6.54 Å². The Kier molecular flexibility index (Phi) is 6.08. The number of halogens is 3. The van der Waals surface area contributed by atoms with Crippen LogP contribution in [-0.4, -0.2) is 24.2 Å². The summed E-state index contributed by atoms with van der Waals surface area (Å²) in [6.07, 6.45) is -5.59. The van der Waals surface area contributed by atoms with E-state index in [9.17, 15) is 23.1 Å². The Bertz CT molecular complexity index is 1000. The van der Waals surface area contributed by atoms with Crippen molar-refractivity contribution in [2.24, 2.45) is 0 Å². The SMILES string of the molecule is CCOc1ccc2ccccc2c1C(=O)NC[C@H](O)c1ccc(C(F)(F)F)cc1. The summed E-state index contributed by atoms with van der Waals surface area (Å²) in [4.78, 5) is 12.8. The Morgan fingerprint density at radius 2 is 1.76 bits per heavy atom. The van der Waals surface area contributed by atoms with Crippen molar-refractivity contribution in [1.29, 1.82) is 0 Å². The maximum Gasteiger partial charge on any atom is 0.416 e. The fraction of sp³-hybridized carbons (Fsp3) is 0.227. The third-order valence-corrected chi connectivity index (χ3v) is 4.50. The summed E-state index contributed by atoms with van der Waals surface area (Å²) < 4.78 is 43.6. The van der Waals surface area contributed by atoms with Crippen LogP contribution in [0.2, 0.25) is 0 Å². The highest BCUT2D eigenvalue weighted by atomic mass is 19.4. The number of ether oxygens (including phenoxy) is 1. The van der Waals surface area contributed by atoms with Crippen molar-refractivity contribution in [3.8, 4) is 5.75 Å². The molecule has 0 spiro atoms. The number of nitrogens with one attached hydrogen (secondary N) is 1. The summed E-state index contributed by atoms with van der Waals surface area (Å²) in [5.41, 5.74) is -0.166. The average molecular weight is 403 g/mol. The molecule has 3 rings (SSSR count). The van der Waals surface area contributed by atoms with Gasteiger partial charge >= 0.3 is 6.18 Å². The summed E-state index contributed by atoms with van der Waals surface area (Å²) in [5, 5.41) is 14.5. The van der Waals surface area contributed by atoms with Crippen molar-refractivity contribution >= 4 is 16.7 Å². The van der Waals surface area contributed by atoms with Crippen molar-refractivity contribution < 1.29 is 27.8 Å². The first-order valence-electron chi connectivity index (χ1n) is 9.09. The van der Waals surface area contributed by atoms with Gasteiger partial charge in [-0.1, -0.05) is 42.5 Å². The number of aliphatic hydroxyl groups excluding tert-OH is 1. The maximum absolute atomic E-state index is 12.8. The number of hydrogen-bond donors (Lipinski definition) is 2. The zero-order valence-corrected chi connectivity index (χ0v) is 15.7. The van der Waals surface area contributed by atoms with Gasteiger partial charge < -0.3 is 15.2 Å². The second-order valence-electron chi connectivity index (χ2n) is 6.44. The van der Waals surface area contributed by atoms with Gasteiger partial charge in [0.25, 0.3) is 5.91 Å². The summed E-state index contributed by atoms with van der Waals surface area (Å²) in [7, 11) is 0. The van der Waals surface area contributed by atoms with Gasteiger partial charge in [-0.15, -0.1) is 0 Å². The number of fused-ring (bicyclic) bond motifs is 1. The van der Waals surface area contributed by atoms with Crippen LogP contribution >= 0.6 is 0 Å². The normalized spacial score (nSPS) is 12.6. The Labute approximate surface area is 165 Å². The fourth-order valence-corrected chi connectivity index (χ4v) is 3.05. The molecule has 4 nitrogen and oxygen atoms in total. The molecule has 0 fully saturated rings. The van der Waals surface area contributed by atoms with E-state index in [2.05, 4.69) is 5.32 Å². The Morgan fingerprint density at radius 3 is 2.41 bits per heavy atom. The smallest absolute Gasteiger partial charge is 0.416 e. The highest BCUT2D eigenvalue weighted by Gasteiger charge is 2.30. The molecule has 3 aromatic rings. The number of carbonyl (C=O) groups excluding carboxylic acids is 1. The first kappa shape index (κ1) is 20.7. The van der Waals surface area contributed by atoms with Gasteiger partial charge in [-0.05, 0) is 41.5 Å². The number of rotatable bonds is 6. The highest BCUT2D eigenvalue weighted by Crippen LogP contribution is 2.30. The van der Waals surface area contributed by atoms with Gasteiger partial charge in [0.05, 0.1) is 23.8 Å². The minimum atomic E-state index is -4.44. The second-order valence-corrected chi connectivity index (χ2v) is 6.44. The molecule has 0 heterocycles. The van der Waals surface area contributed by atoms with Gasteiger partial charge in [-0.2, -0.15) is 13.2 Å². The molecule has 29 heavy (non-hydrogen) atoms. The lowest BCUT2D eigenvalue weighted by Crippen LogP contribution is -2.29. The van der Waals surface area contributed by atoms with Gasteiger partial charge in [0.1, 0.15) is 5.75 Å². The summed E-state index contributed by atoms with van der Waals surface area (Å²) in [6, 6.07) is 15.1. The van der Waals surface area contributed by atoms with Crippen LogP contribution in [0, 0.1) is 0 Å². The Hall–Kier alpha value is -3.06. The van der Waals surface area contributed by atoms with Gasteiger partial charge in [-0.3, -0.25) is 4.79 Å². The molecule has 0 aliphatic rings. The molecule has 0 aliphatic carbocycles. The molecule has 0 radical (unpaired) electrons. The summed E-state index contributed by atoms with van der Waals surface area (Å²) in [6.45, 7) is 2.04. The van der Waals surface area contributed by atoms with Crippen LogP contribution in [0.4, 0.5) is 13.2 Å². The maximum atomic E-state index is 12.8. The molecular weight excluding hydrogens is 383 g/mol. The molecule has 0 saturated heterocycles. The quantitative estimate of drug-likeness (QED) is 0.626. The van der Waals surface area contributed by atoms with Crippen molar-refractivity contribution in [2.45, 2.75) is 19.2 Å². The number of hydrogen-bond acceptors (Lipinski definition) is 3. The third kappa shape index (κ3) is 4.68. The van der Waals surface area contributed by atoms with E-state index < -0.39 is 23.8 Å². The van der Waals surface area contributed by atoms with Gasteiger partial charge in [0.15, 0.2) is 0 Å². The van der Waals surface area contributed by atoms with Crippen molar-refractivity contribution in [1.82, 2.24) is 5.32 Å². The van der Waals surface area contributed by atoms with Gasteiger partial charge in [-0.25, -0.2) is 0 Å². The summed E-state index contributed by atoms with van der Waals surface area (Å²) >= 11 is 0. The largest absolute Gasteiger partial charge is 0.493 e. The van der Waals surface area contributed by atoms with E-state index in [1.807, 2.05) is 31.2 Å². The molecular formula is C22H20F3NO3. The van der Waals surface area contributed by atoms with E-state index in [0.29, 0.717) is 23.3 Å². The molecule has 3 aromatic carbocycles. The number of carbonyl (C=O) groups is 1. The van der Waals surface area contributed by atoms with Crippen LogP contribution in [-0.2, 0) is 6.18 Å².